The van der Waals surface area contributed by atoms with Crippen LogP contribution in [-0.2, 0) is 4.79 Å². The summed E-state index contributed by atoms with van der Waals surface area (Å²) in [5, 5.41) is 7.07. The number of piperidine rings is 1. The fourth-order valence-electron chi connectivity index (χ4n) is 3.94. The molecular weight excluding hydrogens is 366 g/mol. The van der Waals surface area contributed by atoms with E-state index in [9.17, 15) is 4.79 Å². The van der Waals surface area contributed by atoms with Gasteiger partial charge in [0, 0.05) is 52.2 Å². The lowest BCUT2D eigenvalue weighted by Crippen LogP contribution is -2.50. The van der Waals surface area contributed by atoms with Gasteiger partial charge < -0.3 is 20.4 Å². The van der Waals surface area contributed by atoms with Crippen LogP contribution in [0.1, 0.15) is 44.9 Å². The Bertz CT molecular complexity index is 650. The number of nitrogens with one attached hydrogen (secondary N) is 2. The molecule has 2 N–H and O–H groups in total. The van der Waals surface area contributed by atoms with Crippen molar-refractivity contribution in [2.24, 2.45) is 10.9 Å². The highest BCUT2D eigenvalue weighted by atomic mass is 16.2. The number of aromatic nitrogens is 2. The average Bonchev–Trinajstić information content (AvgIpc) is 2.77. The third-order valence-electron chi connectivity index (χ3n) is 5.82. The van der Waals surface area contributed by atoms with Gasteiger partial charge in [-0.3, -0.25) is 4.79 Å². The summed E-state index contributed by atoms with van der Waals surface area (Å²) < 4.78 is 0. The van der Waals surface area contributed by atoms with Crippen molar-refractivity contribution in [3.05, 3.63) is 18.5 Å². The first kappa shape index (κ1) is 21.3. The van der Waals surface area contributed by atoms with Gasteiger partial charge in [0.25, 0.3) is 0 Å². The van der Waals surface area contributed by atoms with Crippen molar-refractivity contribution in [3.63, 3.8) is 0 Å². The molecule has 2 aliphatic rings. The number of anilines is 1. The van der Waals surface area contributed by atoms with Crippen molar-refractivity contribution < 1.29 is 4.79 Å². The third-order valence-corrected chi connectivity index (χ3v) is 5.82. The lowest BCUT2D eigenvalue weighted by atomic mass is 9.89. The molecule has 2 fully saturated rings. The number of rotatable bonds is 6. The van der Waals surface area contributed by atoms with E-state index < -0.39 is 0 Å². The summed E-state index contributed by atoms with van der Waals surface area (Å²) in [7, 11) is 3.53. The summed E-state index contributed by atoms with van der Waals surface area (Å²) >= 11 is 0. The van der Waals surface area contributed by atoms with Gasteiger partial charge in [-0.05, 0) is 37.7 Å². The topological polar surface area (TPSA) is 85.8 Å². The highest BCUT2D eigenvalue weighted by molar-refractivity contribution is 5.85. The molecule has 160 valence electrons. The third kappa shape index (κ3) is 6.87. The van der Waals surface area contributed by atoms with Crippen LogP contribution in [0.3, 0.4) is 0 Å². The molecule has 29 heavy (non-hydrogen) atoms. The first-order chi connectivity index (χ1) is 14.1. The van der Waals surface area contributed by atoms with Crippen LogP contribution in [0.5, 0.6) is 0 Å². The predicted molar refractivity (Wildman–Crippen MR) is 116 cm³/mol. The van der Waals surface area contributed by atoms with Crippen LogP contribution < -0.4 is 15.5 Å². The highest BCUT2D eigenvalue weighted by Gasteiger charge is 2.22. The second-order valence-electron chi connectivity index (χ2n) is 8.29. The van der Waals surface area contributed by atoms with E-state index in [1.54, 1.807) is 31.4 Å². The van der Waals surface area contributed by atoms with Gasteiger partial charge in [-0.1, -0.05) is 19.3 Å². The Hall–Kier alpha value is -2.38. The molecule has 1 amide bonds. The Morgan fingerprint density at radius 1 is 1.14 bits per heavy atom. The van der Waals surface area contributed by atoms with E-state index in [1.807, 2.05) is 6.07 Å². The zero-order chi connectivity index (χ0) is 20.5. The van der Waals surface area contributed by atoms with Crippen LogP contribution in [-0.4, -0.2) is 73.1 Å². The molecule has 1 aromatic rings. The lowest BCUT2D eigenvalue weighted by Gasteiger charge is -2.33. The van der Waals surface area contributed by atoms with Gasteiger partial charge >= 0.3 is 0 Å². The number of guanidine groups is 1. The molecule has 0 spiro atoms. The number of amides is 1. The van der Waals surface area contributed by atoms with Crippen molar-refractivity contribution in [3.8, 4) is 0 Å². The largest absolute Gasteiger partial charge is 0.356 e. The van der Waals surface area contributed by atoms with Crippen molar-refractivity contribution in [2.75, 3.05) is 45.2 Å². The Balaban J connectivity index is 1.52. The summed E-state index contributed by atoms with van der Waals surface area (Å²) in [5.41, 5.74) is 0. The normalized spacial score (nSPS) is 19.1. The Labute approximate surface area is 174 Å². The fourth-order valence-corrected chi connectivity index (χ4v) is 3.94. The second-order valence-corrected chi connectivity index (χ2v) is 8.29. The molecule has 0 radical (unpaired) electrons. The first-order valence-electron chi connectivity index (χ1n) is 10.9. The molecule has 8 heteroatoms. The van der Waals surface area contributed by atoms with Crippen molar-refractivity contribution in [2.45, 2.75) is 51.0 Å². The van der Waals surface area contributed by atoms with Crippen LogP contribution in [0.15, 0.2) is 23.5 Å². The van der Waals surface area contributed by atoms with Crippen molar-refractivity contribution in [1.82, 2.24) is 25.5 Å². The maximum Gasteiger partial charge on any atom is 0.243 e. The minimum Gasteiger partial charge on any atom is -0.356 e. The molecule has 1 saturated heterocycles. The average molecular weight is 402 g/mol. The minimum absolute atomic E-state index is 0.0137. The maximum absolute atomic E-state index is 12.0. The number of likely N-dealkylation sites (N-methyl/N-ethyl adjacent to an activating group) is 1. The zero-order valence-electron chi connectivity index (χ0n) is 17.8. The Morgan fingerprint density at radius 3 is 2.48 bits per heavy atom. The van der Waals surface area contributed by atoms with Gasteiger partial charge in [-0.2, -0.15) is 0 Å². The van der Waals surface area contributed by atoms with E-state index in [1.165, 1.54) is 32.1 Å². The van der Waals surface area contributed by atoms with Gasteiger partial charge in [0.2, 0.25) is 11.9 Å². The number of hydrogen-bond donors (Lipinski definition) is 2. The SMILES string of the molecule is CN(C)C(=O)CN=C(NCC1CCCCC1)NC1CCN(c2ncccn2)CC1. The molecule has 1 aromatic heterocycles. The van der Waals surface area contributed by atoms with E-state index in [2.05, 4.69) is 30.5 Å². The van der Waals surface area contributed by atoms with Crippen LogP contribution >= 0.6 is 0 Å². The molecule has 0 bridgehead atoms. The van der Waals surface area contributed by atoms with Crippen LogP contribution in [0.25, 0.3) is 0 Å². The number of aliphatic imine (C=N–C) groups is 1. The summed E-state index contributed by atoms with van der Waals surface area (Å²) in [6.45, 7) is 2.92. The lowest BCUT2D eigenvalue weighted by molar-refractivity contribution is -0.127. The number of carbonyl (C=O) groups excluding carboxylic acids is 1. The van der Waals surface area contributed by atoms with Crippen LogP contribution in [0.4, 0.5) is 5.95 Å². The molecule has 1 aliphatic carbocycles. The Morgan fingerprint density at radius 2 is 1.83 bits per heavy atom. The quantitative estimate of drug-likeness (QED) is 0.557. The molecule has 3 rings (SSSR count). The van der Waals surface area contributed by atoms with Gasteiger partial charge in [0.15, 0.2) is 5.96 Å². The molecular formula is C21H35N7O. The summed E-state index contributed by atoms with van der Waals surface area (Å²) in [6, 6.07) is 2.18. The van der Waals surface area contributed by atoms with Crippen molar-refractivity contribution >= 4 is 17.8 Å². The fraction of sp³-hybridized carbons (Fsp3) is 0.714. The molecule has 8 nitrogen and oxygen atoms in total. The van der Waals surface area contributed by atoms with Gasteiger partial charge in [-0.15, -0.1) is 0 Å². The standard InChI is InChI=1S/C21H35N7O/c1-27(2)19(29)16-25-20(24-15-17-7-4-3-5-8-17)26-18-9-13-28(14-10-18)21-22-11-6-12-23-21/h6,11-12,17-18H,3-5,7-10,13-16H2,1-2H3,(H2,24,25,26). The van der Waals surface area contributed by atoms with E-state index in [-0.39, 0.29) is 12.5 Å². The predicted octanol–water partition coefficient (Wildman–Crippen LogP) is 1.65. The second kappa shape index (κ2) is 11.0. The van der Waals surface area contributed by atoms with Gasteiger partial charge in [0.05, 0.1) is 0 Å². The first-order valence-corrected chi connectivity index (χ1v) is 10.9. The van der Waals surface area contributed by atoms with E-state index in [0.717, 1.165) is 44.4 Å². The van der Waals surface area contributed by atoms with Gasteiger partial charge in [-0.25, -0.2) is 15.0 Å². The van der Waals surface area contributed by atoms with Crippen molar-refractivity contribution in [1.29, 1.82) is 0 Å². The van der Waals surface area contributed by atoms with E-state index >= 15 is 0 Å². The van der Waals surface area contributed by atoms with Crippen LogP contribution in [0.2, 0.25) is 0 Å². The smallest absolute Gasteiger partial charge is 0.243 e. The number of carbonyl (C=O) groups is 1. The van der Waals surface area contributed by atoms with E-state index in [4.69, 9.17) is 0 Å². The zero-order valence-corrected chi connectivity index (χ0v) is 17.8. The molecule has 2 heterocycles. The highest BCUT2D eigenvalue weighted by Crippen LogP contribution is 2.22. The summed E-state index contributed by atoms with van der Waals surface area (Å²) in [5.74, 6) is 2.28. The van der Waals surface area contributed by atoms with E-state index in [0.29, 0.717) is 12.0 Å². The maximum atomic E-state index is 12.0. The summed E-state index contributed by atoms with van der Waals surface area (Å²) in [6.07, 6.45) is 12.1. The van der Waals surface area contributed by atoms with Gasteiger partial charge in [0.1, 0.15) is 6.54 Å². The molecule has 1 saturated carbocycles. The Kier molecular flexibility index (Phi) is 8.07. The summed E-state index contributed by atoms with van der Waals surface area (Å²) in [4.78, 5) is 29.1. The molecule has 0 atom stereocenters. The molecule has 0 aromatic carbocycles. The minimum atomic E-state index is 0.0137. The number of hydrogen-bond acceptors (Lipinski definition) is 5. The molecule has 0 unspecified atom stereocenters. The molecule has 1 aliphatic heterocycles. The van der Waals surface area contributed by atoms with Crippen LogP contribution in [0, 0.1) is 5.92 Å². The monoisotopic (exact) mass is 401 g/mol. The number of nitrogens with zero attached hydrogens (tertiary/aromatic N) is 5.